The predicted molar refractivity (Wildman–Crippen MR) is 102 cm³/mol. The highest BCUT2D eigenvalue weighted by Crippen LogP contribution is 2.30. The molecule has 1 aliphatic rings. The minimum atomic E-state index is -0.169. The molecule has 0 radical (unpaired) electrons. The molecule has 1 aromatic carbocycles. The van der Waals surface area contributed by atoms with Gasteiger partial charge in [-0.25, -0.2) is 0 Å². The zero-order chi connectivity index (χ0) is 18.0. The summed E-state index contributed by atoms with van der Waals surface area (Å²) in [5.41, 5.74) is 4.86. The number of anilines is 1. The zero-order valence-corrected chi connectivity index (χ0v) is 15.8. The minimum Gasteiger partial charge on any atom is -0.332 e. The number of hydrogen-bond acceptors (Lipinski definition) is 3. The van der Waals surface area contributed by atoms with Gasteiger partial charge in [-0.3, -0.25) is 9.59 Å². The number of hydrogen-bond donors (Lipinski definition) is 1. The van der Waals surface area contributed by atoms with Crippen LogP contribution in [0, 0.1) is 13.8 Å². The van der Waals surface area contributed by atoms with Crippen molar-refractivity contribution in [3.63, 3.8) is 0 Å². The van der Waals surface area contributed by atoms with Gasteiger partial charge in [-0.15, -0.1) is 11.3 Å². The quantitative estimate of drug-likeness (QED) is 0.902. The molecule has 0 aliphatic heterocycles. The van der Waals surface area contributed by atoms with Gasteiger partial charge in [-0.05, 0) is 56.2 Å². The van der Waals surface area contributed by atoms with Crippen LogP contribution in [0.2, 0.25) is 0 Å². The Labute approximate surface area is 152 Å². The fraction of sp³-hybridized carbons (Fsp3) is 0.400. The fourth-order valence-corrected chi connectivity index (χ4v) is 4.48. The molecular weight excluding hydrogens is 332 g/mol. The van der Waals surface area contributed by atoms with Crippen LogP contribution in [0.25, 0.3) is 0 Å². The van der Waals surface area contributed by atoms with Crippen LogP contribution in [0.4, 0.5) is 5.69 Å². The Bertz CT molecular complexity index is 790. The van der Waals surface area contributed by atoms with Crippen molar-refractivity contribution >= 4 is 28.8 Å². The Morgan fingerprint density at radius 2 is 1.84 bits per heavy atom. The number of carbonyl (C=O) groups excluding carboxylic acids is 2. The molecule has 0 bridgehead atoms. The third-order valence-electron chi connectivity index (χ3n) is 4.76. The first-order chi connectivity index (χ1) is 12.0. The van der Waals surface area contributed by atoms with E-state index in [9.17, 15) is 9.59 Å². The summed E-state index contributed by atoms with van der Waals surface area (Å²) in [5, 5.41) is 4.90. The van der Waals surface area contributed by atoms with E-state index in [1.807, 2.05) is 37.4 Å². The van der Waals surface area contributed by atoms with Crippen molar-refractivity contribution in [2.24, 2.45) is 0 Å². The molecule has 3 rings (SSSR count). The number of rotatable bonds is 4. The van der Waals surface area contributed by atoms with E-state index in [1.165, 1.54) is 21.8 Å². The smallest absolute Gasteiger partial charge is 0.255 e. The van der Waals surface area contributed by atoms with Crippen molar-refractivity contribution in [2.45, 2.75) is 39.5 Å². The highest BCUT2D eigenvalue weighted by Gasteiger charge is 2.23. The van der Waals surface area contributed by atoms with Gasteiger partial charge in [-0.1, -0.05) is 18.2 Å². The maximum atomic E-state index is 12.8. The van der Waals surface area contributed by atoms with Gasteiger partial charge in [0.2, 0.25) is 5.91 Å². The number of para-hydroxylation sites is 1. The van der Waals surface area contributed by atoms with Crippen molar-refractivity contribution in [3.05, 3.63) is 50.7 Å². The summed E-state index contributed by atoms with van der Waals surface area (Å²) in [6.07, 6.45) is 4.39. The number of carbonyl (C=O) groups is 2. The van der Waals surface area contributed by atoms with Crippen molar-refractivity contribution in [1.29, 1.82) is 0 Å². The molecule has 0 unspecified atom stereocenters. The number of amides is 2. The Morgan fingerprint density at radius 3 is 2.56 bits per heavy atom. The second kappa shape index (κ2) is 7.40. The Hall–Kier alpha value is -2.14. The maximum absolute atomic E-state index is 12.8. The van der Waals surface area contributed by atoms with E-state index in [1.54, 1.807) is 18.4 Å². The van der Waals surface area contributed by atoms with Gasteiger partial charge in [0.05, 0.1) is 12.1 Å². The summed E-state index contributed by atoms with van der Waals surface area (Å²) in [7, 11) is 1.69. The molecule has 5 heteroatoms. The van der Waals surface area contributed by atoms with Crippen LogP contribution in [0.3, 0.4) is 0 Å². The summed E-state index contributed by atoms with van der Waals surface area (Å²) in [5.74, 6) is -0.228. The van der Waals surface area contributed by atoms with Crippen LogP contribution in [0.5, 0.6) is 0 Å². The van der Waals surface area contributed by atoms with E-state index in [2.05, 4.69) is 5.32 Å². The SMILES string of the molecule is Cc1cccc(C)c1NC(=O)CN(C)C(=O)c1csc2c1CCCC2. The fourth-order valence-electron chi connectivity index (χ4n) is 3.36. The first-order valence-electron chi connectivity index (χ1n) is 8.68. The molecule has 1 aromatic heterocycles. The van der Waals surface area contributed by atoms with Crippen LogP contribution in [0.15, 0.2) is 23.6 Å². The standard InChI is InChI=1S/C20H24N2O2S/c1-13-7-6-8-14(2)19(13)21-18(23)11-22(3)20(24)16-12-25-17-10-5-4-9-15(16)17/h6-8,12H,4-5,9-11H2,1-3H3,(H,21,23). The van der Waals surface area contributed by atoms with Crippen LogP contribution in [-0.4, -0.2) is 30.3 Å². The summed E-state index contributed by atoms with van der Waals surface area (Å²) in [6, 6.07) is 5.90. The number of likely N-dealkylation sites (N-methyl/N-ethyl adjacent to an activating group) is 1. The average Bonchev–Trinajstić information content (AvgIpc) is 3.01. The molecule has 1 heterocycles. The number of benzene rings is 1. The summed E-state index contributed by atoms with van der Waals surface area (Å²) >= 11 is 1.68. The van der Waals surface area contributed by atoms with Crippen molar-refractivity contribution in [1.82, 2.24) is 4.90 Å². The molecule has 4 nitrogen and oxygen atoms in total. The van der Waals surface area contributed by atoms with Gasteiger partial charge in [-0.2, -0.15) is 0 Å². The average molecular weight is 356 g/mol. The van der Waals surface area contributed by atoms with E-state index in [0.717, 1.165) is 41.6 Å². The van der Waals surface area contributed by atoms with E-state index in [4.69, 9.17) is 0 Å². The van der Waals surface area contributed by atoms with Gasteiger partial charge < -0.3 is 10.2 Å². The Kier molecular flexibility index (Phi) is 5.23. The topological polar surface area (TPSA) is 49.4 Å². The Balaban J connectivity index is 1.67. The van der Waals surface area contributed by atoms with E-state index in [-0.39, 0.29) is 18.4 Å². The van der Waals surface area contributed by atoms with Crippen molar-refractivity contribution < 1.29 is 9.59 Å². The lowest BCUT2D eigenvalue weighted by Crippen LogP contribution is -2.35. The molecule has 1 aliphatic carbocycles. The highest BCUT2D eigenvalue weighted by atomic mass is 32.1. The number of nitrogens with zero attached hydrogens (tertiary/aromatic N) is 1. The second-order valence-electron chi connectivity index (χ2n) is 6.73. The molecule has 0 saturated heterocycles. The van der Waals surface area contributed by atoms with E-state index in [0.29, 0.717) is 0 Å². The summed E-state index contributed by atoms with van der Waals surface area (Å²) in [6.45, 7) is 3.99. The monoisotopic (exact) mass is 356 g/mol. The third-order valence-corrected chi connectivity index (χ3v) is 5.85. The van der Waals surface area contributed by atoms with Gasteiger partial charge >= 0.3 is 0 Å². The molecule has 132 valence electrons. The number of nitrogens with one attached hydrogen (secondary N) is 1. The first-order valence-corrected chi connectivity index (χ1v) is 9.56. The molecule has 0 fully saturated rings. The van der Waals surface area contributed by atoms with E-state index >= 15 is 0 Å². The number of thiophene rings is 1. The van der Waals surface area contributed by atoms with Crippen LogP contribution in [-0.2, 0) is 17.6 Å². The van der Waals surface area contributed by atoms with Gasteiger partial charge in [0.25, 0.3) is 5.91 Å². The number of fused-ring (bicyclic) bond motifs is 1. The van der Waals surface area contributed by atoms with Gasteiger partial charge in [0, 0.05) is 23.0 Å². The highest BCUT2D eigenvalue weighted by molar-refractivity contribution is 7.10. The molecule has 1 N–H and O–H groups in total. The second-order valence-corrected chi connectivity index (χ2v) is 7.70. The minimum absolute atomic E-state index is 0.0528. The van der Waals surface area contributed by atoms with Crippen LogP contribution in [0.1, 0.15) is 44.8 Å². The lowest BCUT2D eigenvalue weighted by atomic mass is 9.95. The first kappa shape index (κ1) is 17.7. The van der Waals surface area contributed by atoms with Gasteiger partial charge in [0.1, 0.15) is 0 Å². The van der Waals surface area contributed by atoms with Gasteiger partial charge in [0.15, 0.2) is 0 Å². The molecule has 2 aromatic rings. The van der Waals surface area contributed by atoms with E-state index < -0.39 is 0 Å². The normalized spacial score (nSPS) is 13.2. The molecular formula is C20H24N2O2S. The molecule has 25 heavy (non-hydrogen) atoms. The summed E-state index contributed by atoms with van der Waals surface area (Å²) in [4.78, 5) is 28.0. The lowest BCUT2D eigenvalue weighted by molar-refractivity contribution is -0.116. The zero-order valence-electron chi connectivity index (χ0n) is 15.0. The molecule has 2 amide bonds. The lowest BCUT2D eigenvalue weighted by Gasteiger charge is -2.19. The molecule has 0 spiro atoms. The van der Waals surface area contributed by atoms with Crippen LogP contribution >= 0.6 is 11.3 Å². The summed E-state index contributed by atoms with van der Waals surface area (Å²) < 4.78 is 0. The van der Waals surface area contributed by atoms with Crippen molar-refractivity contribution in [2.75, 3.05) is 18.9 Å². The molecule has 0 saturated carbocycles. The largest absolute Gasteiger partial charge is 0.332 e. The third kappa shape index (κ3) is 3.76. The van der Waals surface area contributed by atoms with Crippen LogP contribution < -0.4 is 5.32 Å². The maximum Gasteiger partial charge on any atom is 0.255 e. The van der Waals surface area contributed by atoms with Crippen molar-refractivity contribution in [3.8, 4) is 0 Å². The number of aryl methyl sites for hydroxylation is 3. The Morgan fingerprint density at radius 1 is 1.16 bits per heavy atom. The molecule has 0 atom stereocenters. The predicted octanol–water partition coefficient (Wildman–Crippen LogP) is 3.95.